The van der Waals surface area contributed by atoms with Gasteiger partial charge in [-0.15, -0.1) is 21.5 Å². The van der Waals surface area contributed by atoms with Gasteiger partial charge in [-0.3, -0.25) is 4.79 Å². The number of nitrogens with zero attached hydrogens (tertiary/aromatic N) is 4. The van der Waals surface area contributed by atoms with Gasteiger partial charge in [-0.2, -0.15) is 0 Å². The van der Waals surface area contributed by atoms with Crippen LogP contribution in [0.15, 0.2) is 23.6 Å². The van der Waals surface area contributed by atoms with E-state index in [-0.39, 0.29) is 12.3 Å². The van der Waals surface area contributed by atoms with Crippen LogP contribution in [0.2, 0.25) is 0 Å². The summed E-state index contributed by atoms with van der Waals surface area (Å²) >= 11 is 2.78. The highest BCUT2D eigenvalue weighted by molar-refractivity contribution is 7.15. The van der Waals surface area contributed by atoms with Gasteiger partial charge in [0.15, 0.2) is 5.13 Å². The molecule has 23 heavy (non-hydrogen) atoms. The molecular formula is C14H14N6OS2. The molecule has 0 atom stereocenters. The smallest absolute Gasteiger partial charge is 0.232 e. The highest BCUT2D eigenvalue weighted by atomic mass is 32.1. The quantitative estimate of drug-likeness (QED) is 0.738. The van der Waals surface area contributed by atoms with Crippen molar-refractivity contribution in [3.05, 3.63) is 40.0 Å². The van der Waals surface area contributed by atoms with E-state index in [4.69, 9.17) is 0 Å². The van der Waals surface area contributed by atoms with Crippen molar-refractivity contribution in [2.45, 2.75) is 20.3 Å². The summed E-state index contributed by atoms with van der Waals surface area (Å²) in [6, 6.07) is 5.73. The number of nitrogens with one attached hydrogen (secondary N) is 2. The van der Waals surface area contributed by atoms with Crippen LogP contribution in [0.25, 0.3) is 0 Å². The Labute approximate surface area is 140 Å². The lowest BCUT2D eigenvalue weighted by Crippen LogP contribution is -2.14. The van der Waals surface area contributed by atoms with Crippen molar-refractivity contribution in [2.24, 2.45) is 0 Å². The molecule has 9 heteroatoms. The van der Waals surface area contributed by atoms with Gasteiger partial charge in [0, 0.05) is 11.1 Å². The van der Waals surface area contributed by atoms with Gasteiger partial charge < -0.3 is 10.6 Å². The molecular weight excluding hydrogens is 332 g/mol. The molecule has 0 aliphatic carbocycles. The van der Waals surface area contributed by atoms with E-state index in [1.165, 1.54) is 22.7 Å². The molecule has 2 N–H and O–H groups in total. The first-order valence-electron chi connectivity index (χ1n) is 6.83. The van der Waals surface area contributed by atoms with Gasteiger partial charge in [0.1, 0.15) is 10.8 Å². The molecule has 0 fully saturated rings. The summed E-state index contributed by atoms with van der Waals surface area (Å²) in [6.45, 7) is 3.77. The summed E-state index contributed by atoms with van der Waals surface area (Å²) in [5.41, 5.74) is 1.63. The van der Waals surface area contributed by atoms with Crippen molar-refractivity contribution in [3.8, 4) is 0 Å². The third-order valence-corrected chi connectivity index (χ3v) is 4.35. The first-order valence-corrected chi connectivity index (χ1v) is 8.53. The highest BCUT2D eigenvalue weighted by Crippen LogP contribution is 2.20. The largest absolute Gasteiger partial charge is 0.316 e. The number of hydrogen-bond donors (Lipinski definition) is 2. The number of carbonyl (C=O) groups is 1. The van der Waals surface area contributed by atoms with Gasteiger partial charge in [-0.05, 0) is 26.0 Å². The molecule has 3 heterocycles. The van der Waals surface area contributed by atoms with Crippen LogP contribution in [-0.4, -0.2) is 26.1 Å². The molecule has 118 valence electrons. The zero-order valence-corrected chi connectivity index (χ0v) is 14.2. The summed E-state index contributed by atoms with van der Waals surface area (Å²) in [5.74, 6) is 0.575. The molecule has 0 aromatic carbocycles. The molecule has 0 radical (unpaired) electrons. The van der Waals surface area contributed by atoms with Gasteiger partial charge in [-0.25, -0.2) is 9.97 Å². The van der Waals surface area contributed by atoms with Crippen LogP contribution in [0.4, 0.5) is 16.1 Å². The molecule has 7 nitrogen and oxygen atoms in total. The molecule has 0 spiro atoms. The van der Waals surface area contributed by atoms with Gasteiger partial charge in [0.2, 0.25) is 11.0 Å². The molecule has 0 saturated carbocycles. The van der Waals surface area contributed by atoms with E-state index < -0.39 is 0 Å². The second-order valence-corrected chi connectivity index (χ2v) is 6.82. The summed E-state index contributed by atoms with van der Waals surface area (Å²) in [7, 11) is 0. The van der Waals surface area contributed by atoms with Crippen molar-refractivity contribution >= 4 is 44.7 Å². The zero-order chi connectivity index (χ0) is 16.2. The summed E-state index contributed by atoms with van der Waals surface area (Å²) in [6.07, 6.45) is 0.193. The summed E-state index contributed by atoms with van der Waals surface area (Å²) in [4.78, 5) is 20.7. The third-order valence-electron chi connectivity index (χ3n) is 2.79. The number of aryl methyl sites for hydroxylation is 2. The summed E-state index contributed by atoms with van der Waals surface area (Å²) < 4.78 is 0. The second kappa shape index (κ2) is 6.80. The summed E-state index contributed by atoms with van der Waals surface area (Å²) in [5, 5.41) is 17.4. The van der Waals surface area contributed by atoms with Crippen LogP contribution in [0.5, 0.6) is 0 Å². The van der Waals surface area contributed by atoms with E-state index in [2.05, 4.69) is 30.8 Å². The molecule has 0 saturated heterocycles. The van der Waals surface area contributed by atoms with Gasteiger partial charge in [-0.1, -0.05) is 17.4 Å². The number of rotatable bonds is 5. The molecule has 3 aromatic heterocycles. The Hall–Kier alpha value is -2.39. The maximum absolute atomic E-state index is 12.0. The Bertz CT molecular complexity index is 828. The monoisotopic (exact) mass is 346 g/mol. The van der Waals surface area contributed by atoms with Crippen molar-refractivity contribution in [1.29, 1.82) is 0 Å². The normalized spacial score (nSPS) is 10.5. The molecule has 3 rings (SSSR count). The van der Waals surface area contributed by atoms with E-state index in [1.54, 1.807) is 0 Å². The highest BCUT2D eigenvalue weighted by Gasteiger charge is 2.10. The molecule has 1 amide bonds. The minimum absolute atomic E-state index is 0.160. The number of thiazole rings is 1. The number of anilines is 3. The standard InChI is InChI=1S/C14H14N6OS2/c1-8-4-3-5-11(15-8)17-13-16-10(7-22-13)6-12(21)18-14-20-19-9(2)23-14/h3-5,7H,6H2,1-2H3,(H,15,16,17)(H,18,20,21). The second-order valence-electron chi connectivity index (χ2n) is 4.78. The topological polar surface area (TPSA) is 92.7 Å². The fraction of sp³-hybridized carbons (Fsp3) is 0.214. The minimum Gasteiger partial charge on any atom is -0.316 e. The van der Waals surface area contributed by atoms with Crippen LogP contribution in [-0.2, 0) is 11.2 Å². The van der Waals surface area contributed by atoms with Crippen molar-refractivity contribution in [2.75, 3.05) is 10.6 Å². The molecule has 0 unspecified atom stereocenters. The average Bonchev–Trinajstić information content (AvgIpc) is 3.08. The van der Waals surface area contributed by atoms with Gasteiger partial charge in [0.05, 0.1) is 12.1 Å². The lowest BCUT2D eigenvalue weighted by atomic mass is 10.3. The number of aromatic nitrogens is 4. The van der Waals surface area contributed by atoms with Crippen LogP contribution < -0.4 is 10.6 Å². The molecule has 0 aliphatic heterocycles. The maximum atomic E-state index is 12.0. The number of pyridine rings is 1. The van der Waals surface area contributed by atoms with E-state index in [0.717, 1.165) is 16.5 Å². The Kier molecular flexibility index (Phi) is 4.58. The van der Waals surface area contributed by atoms with E-state index in [1.807, 2.05) is 37.4 Å². The first kappa shape index (κ1) is 15.5. The Balaban J connectivity index is 1.59. The van der Waals surface area contributed by atoms with Crippen molar-refractivity contribution in [1.82, 2.24) is 20.2 Å². The van der Waals surface area contributed by atoms with Gasteiger partial charge >= 0.3 is 0 Å². The fourth-order valence-corrected chi connectivity index (χ4v) is 3.17. The third kappa shape index (κ3) is 4.30. The van der Waals surface area contributed by atoms with E-state index in [0.29, 0.717) is 16.0 Å². The Morgan fingerprint density at radius 2 is 2.04 bits per heavy atom. The number of carbonyl (C=O) groups excluding carboxylic acids is 1. The Morgan fingerprint density at radius 3 is 2.78 bits per heavy atom. The SMILES string of the molecule is Cc1cccc(Nc2nc(CC(=O)Nc3nnc(C)s3)cs2)n1. The van der Waals surface area contributed by atoms with E-state index >= 15 is 0 Å². The fourth-order valence-electron chi connectivity index (χ4n) is 1.84. The predicted octanol–water partition coefficient (Wildman–Crippen LogP) is 2.93. The van der Waals surface area contributed by atoms with Crippen LogP contribution in [0, 0.1) is 13.8 Å². The zero-order valence-electron chi connectivity index (χ0n) is 12.5. The van der Waals surface area contributed by atoms with Crippen LogP contribution in [0.3, 0.4) is 0 Å². The average molecular weight is 346 g/mol. The minimum atomic E-state index is -0.160. The molecule has 3 aromatic rings. The number of amides is 1. The van der Waals surface area contributed by atoms with Crippen molar-refractivity contribution < 1.29 is 4.79 Å². The van der Waals surface area contributed by atoms with E-state index in [9.17, 15) is 4.79 Å². The number of hydrogen-bond acceptors (Lipinski definition) is 8. The first-order chi connectivity index (χ1) is 11.1. The lowest BCUT2D eigenvalue weighted by Gasteiger charge is -2.02. The van der Waals surface area contributed by atoms with Crippen LogP contribution >= 0.6 is 22.7 Å². The maximum Gasteiger partial charge on any atom is 0.232 e. The van der Waals surface area contributed by atoms with Crippen molar-refractivity contribution in [3.63, 3.8) is 0 Å². The van der Waals surface area contributed by atoms with Gasteiger partial charge in [0.25, 0.3) is 0 Å². The lowest BCUT2D eigenvalue weighted by molar-refractivity contribution is -0.115. The van der Waals surface area contributed by atoms with Crippen LogP contribution in [0.1, 0.15) is 16.4 Å². The Morgan fingerprint density at radius 1 is 1.17 bits per heavy atom. The predicted molar refractivity (Wildman–Crippen MR) is 91.4 cm³/mol. The molecule has 0 aliphatic rings. The molecule has 0 bridgehead atoms.